The van der Waals surface area contributed by atoms with Gasteiger partial charge in [-0.25, -0.2) is 4.79 Å². The molecule has 0 radical (unpaired) electrons. The number of ether oxygens (including phenoxy) is 3. The molecular formula is C34H41BrF3N7O5. The topological polar surface area (TPSA) is 131 Å². The van der Waals surface area contributed by atoms with E-state index in [0.717, 1.165) is 35.9 Å². The molecule has 2 aromatic carbocycles. The van der Waals surface area contributed by atoms with Gasteiger partial charge in [-0.15, -0.1) is 0 Å². The minimum atomic E-state index is -4.58. The van der Waals surface area contributed by atoms with E-state index in [1.54, 1.807) is 34.1 Å². The number of aromatic nitrogens is 3. The molecule has 1 atom stereocenters. The van der Waals surface area contributed by atoms with Gasteiger partial charge < -0.3 is 34.6 Å². The van der Waals surface area contributed by atoms with E-state index in [2.05, 4.69) is 41.5 Å². The Hall–Kier alpha value is -4.34. The fraction of sp³-hybridized carbons (Fsp3) is 0.500. The summed E-state index contributed by atoms with van der Waals surface area (Å²) in [5.41, 5.74) is 1.10. The number of alkyl halides is 4. The highest BCUT2D eigenvalue weighted by molar-refractivity contribution is 9.09. The zero-order valence-corrected chi connectivity index (χ0v) is 29.8. The monoisotopic (exact) mass is 763 g/mol. The number of halogens is 4. The van der Waals surface area contributed by atoms with Gasteiger partial charge >= 0.3 is 18.3 Å². The van der Waals surface area contributed by atoms with E-state index in [1.807, 2.05) is 45.0 Å². The summed E-state index contributed by atoms with van der Waals surface area (Å²) in [5, 5.41) is 6.81. The predicted octanol–water partition coefficient (Wildman–Crippen LogP) is 6.81. The Morgan fingerprint density at radius 1 is 0.900 bits per heavy atom. The maximum atomic E-state index is 13.4. The molecule has 2 saturated heterocycles. The van der Waals surface area contributed by atoms with Gasteiger partial charge in [0.25, 0.3) is 5.91 Å². The van der Waals surface area contributed by atoms with E-state index in [9.17, 15) is 22.8 Å². The number of amides is 2. The summed E-state index contributed by atoms with van der Waals surface area (Å²) in [5.74, 6) is 0.551. The van der Waals surface area contributed by atoms with Crippen molar-refractivity contribution in [2.45, 2.75) is 58.4 Å². The zero-order valence-electron chi connectivity index (χ0n) is 28.2. The second-order valence-corrected chi connectivity index (χ2v) is 14.2. The summed E-state index contributed by atoms with van der Waals surface area (Å²) >= 11 is 3.36. The Labute approximate surface area is 297 Å². The summed E-state index contributed by atoms with van der Waals surface area (Å²) in [6.07, 6.45) is -2.45. The van der Waals surface area contributed by atoms with Crippen molar-refractivity contribution in [3.63, 3.8) is 0 Å². The summed E-state index contributed by atoms with van der Waals surface area (Å²) in [6.45, 7) is 7.06. The molecule has 12 nitrogen and oxygen atoms in total. The number of likely N-dealkylation sites (tertiary alicyclic amines) is 2. The van der Waals surface area contributed by atoms with Crippen LogP contribution in [0.5, 0.6) is 11.8 Å². The van der Waals surface area contributed by atoms with Crippen molar-refractivity contribution in [3.8, 4) is 11.8 Å². The largest absolute Gasteiger partial charge is 0.494 e. The predicted molar refractivity (Wildman–Crippen MR) is 184 cm³/mol. The van der Waals surface area contributed by atoms with Gasteiger partial charge in [0.2, 0.25) is 11.9 Å². The number of anilines is 3. The number of hydrogen-bond acceptors (Lipinski definition) is 10. The van der Waals surface area contributed by atoms with Crippen LogP contribution in [0.1, 0.15) is 56.0 Å². The van der Waals surface area contributed by atoms with Crippen molar-refractivity contribution in [1.82, 2.24) is 24.8 Å². The second kappa shape index (κ2) is 15.7. The molecule has 5 rings (SSSR count). The van der Waals surface area contributed by atoms with Crippen LogP contribution in [0.3, 0.4) is 0 Å². The van der Waals surface area contributed by atoms with Crippen LogP contribution in [0.2, 0.25) is 0 Å². The molecule has 0 bridgehead atoms. The number of carbonyl (C=O) groups excluding carboxylic acids is 2. The molecule has 2 aliphatic heterocycles. The van der Waals surface area contributed by atoms with Crippen LogP contribution in [0, 0.1) is 5.41 Å². The normalized spacial score (nSPS) is 17.6. The zero-order chi connectivity index (χ0) is 35.9. The van der Waals surface area contributed by atoms with Gasteiger partial charge in [-0.3, -0.25) is 4.79 Å². The third kappa shape index (κ3) is 10.6. The first-order valence-corrected chi connectivity index (χ1v) is 17.4. The molecule has 2 aliphatic rings. The highest BCUT2D eigenvalue weighted by atomic mass is 79.9. The first-order chi connectivity index (χ1) is 23.7. The molecule has 1 aromatic heterocycles. The van der Waals surface area contributed by atoms with E-state index < -0.39 is 24.4 Å². The number of hydrogen-bond donors (Lipinski definition) is 2. The van der Waals surface area contributed by atoms with Crippen LogP contribution >= 0.6 is 15.9 Å². The maximum absolute atomic E-state index is 13.4. The quantitative estimate of drug-likeness (QED) is 0.150. The van der Waals surface area contributed by atoms with Crippen LogP contribution in [0.4, 0.5) is 35.5 Å². The number of nitrogens with zero attached hydrogens (tertiary/aromatic N) is 5. The summed E-state index contributed by atoms with van der Waals surface area (Å²) in [6, 6.07) is 13.5. The molecule has 2 amide bonds. The van der Waals surface area contributed by atoms with Gasteiger partial charge in [-0.1, -0.05) is 28.1 Å². The van der Waals surface area contributed by atoms with Crippen LogP contribution in [0.15, 0.2) is 48.5 Å². The summed E-state index contributed by atoms with van der Waals surface area (Å²) in [7, 11) is 0. The van der Waals surface area contributed by atoms with Gasteiger partial charge in [-0.05, 0) is 82.0 Å². The van der Waals surface area contributed by atoms with Crippen molar-refractivity contribution in [3.05, 3.63) is 59.7 Å². The molecule has 1 spiro atoms. The van der Waals surface area contributed by atoms with Gasteiger partial charge in [-0.2, -0.15) is 28.1 Å². The molecule has 1 unspecified atom stereocenters. The Morgan fingerprint density at radius 3 is 2.22 bits per heavy atom. The molecule has 2 fully saturated rings. The summed E-state index contributed by atoms with van der Waals surface area (Å²) < 4.78 is 54.7. The Kier molecular flexibility index (Phi) is 11.6. The Balaban J connectivity index is 1.20. The van der Waals surface area contributed by atoms with Crippen molar-refractivity contribution in [2.75, 3.05) is 55.4 Å². The van der Waals surface area contributed by atoms with Crippen LogP contribution in [0.25, 0.3) is 0 Å². The Bertz CT molecular complexity index is 1620. The van der Waals surface area contributed by atoms with Crippen molar-refractivity contribution in [1.29, 1.82) is 0 Å². The first kappa shape index (κ1) is 36.9. The molecule has 0 aliphatic carbocycles. The molecule has 0 saturated carbocycles. The van der Waals surface area contributed by atoms with E-state index in [1.165, 1.54) is 0 Å². The van der Waals surface area contributed by atoms with E-state index in [4.69, 9.17) is 14.2 Å². The second-order valence-electron chi connectivity index (χ2n) is 13.4. The van der Waals surface area contributed by atoms with Crippen LogP contribution in [-0.2, 0) is 11.3 Å². The molecule has 50 heavy (non-hydrogen) atoms. The fourth-order valence-electron chi connectivity index (χ4n) is 5.70. The fourth-order valence-corrected chi connectivity index (χ4v) is 5.93. The average molecular weight is 765 g/mol. The molecule has 3 aromatic rings. The van der Waals surface area contributed by atoms with Crippen molar-refractivity contribution < 1.29 is 37.0 Å². The van der Waals surface area contributed by atoms with Crippen molar-refractivity contribution >= 4 is 45.5 Å². The maximum Gasteiger partial charge on any atom is 0.422 e. The lowest BCUT2D eigenvalue weighted by Gasteiger charge is -2.27. The molecule has 270 valence electrons. The smallest absolute Gasteiger partial charge is 0.422 e. The third-order valence-corrected chi connectivity index (χ3v) is 8.66. The molecule has 2 N–H and O–H groups in total. The lowest BCUT2D eigenvalue weighted by atomic mass is 9.86. The highest BCUT2D eigenvalue weighted by Gasteiger charge is 2.46. The highest BCUT2D eigenvalue weighted by Crippen LogP contribution is 2.40. The van der Waals surface area contributed by atoms with Gasteiger partial charge in [0.1, 0.15) is 11.4 Å². The van der Waals surface area contributed by atoms with Crippen LogP contribution < -0.4 is 20.1 Å². The number of benzene rings is 2. The Morgan fingerprint density at radius 2 is 1.56 bits per heavy atom. The van der Waals surface area contributed by atoms with E-state index in [0.29, 0.717) is 44.0 Å². The average Bonchev–Trinajstić information content (AvgIpc) is 3.69. The van der Waals surface area contributed by atoms with Crippen molar-refractivity contribution in [2.24, 2.45) is 5.41 Å². The van der Waals surface area contributed by atoms with Gasteiger partial charge in [0, 0.05) is 54.7 Å². The minimum Gasteiger partial charge on any atom is -0.494 e. The van der Waals surface area contributed by atoms with E-state index >= 15 is 0 Å². The molecular weight excluding hydrogens is 723 g/mol. The number of rotatable bonds is 12. The minimum absolute atomic E-state index is 0.00392. The van der Waals surface area contributed by atoms with Gasteiger partial charge in [0.15, 0.2) is 6.61 Å². The first-order valence-electron chi connectivity index (χ1n) is 16.3. The van der Waals surface area contributed by atoms with Crippen LogP contribution in [-0.4, -0.2) is 93.3 Å². The number of carbonyl (C=O) groups is 2. The number of nitrogens with one attached hydrogen (secondary N) is 2. The standard InChI is InChI=1S/C34H41BrF3N7O5/c1-32(2,3)50-31(47)45-17-14-33(21-45)13-16-44(20-33)27(46)24-7-9-25(10-8-24)40-29-41-28(42-30(43-29)49-22-34(36,37)38)39-19-23-5-11-26(12-6-23)48-18-4-15-35/h5-12H,4,13-22H2,1-3H3,(H2,39,40,41,42,43). The van der Waals surface area contributed by atoms with Gasteiger partial charge in [0.05, 0.1) is 6.61 Å². The lowest BCUT2D eigenvalue weighted by Crippen LogP contribution is -2.38. The molecule has 16 heteroatoms. The lowest BCUT2D eigenvalue weighted by molar-refractivity contribution is -0.154. The SMILES string of the molecule is CC(C)(C)OC(=O)N1CCC2(CCN(C(=O)c3ccc(Nc4nc(NCc5ccc(OCCCBr)cc5)nc(OCC(F)(F)F)n4)cc3)C2)C1. The summed E-state index contributed by atoms with van der Waals surface area (Å²) in [4.78, 5) is 41.8. The third-order valence-electron chi connectivity index (χ3n) is 8.10. The van der Waals surface area contributed by atoms with E-state index in [-0.39, 0.29) is 35.9 Å². The molecule has 3 heterocycles.